The minimum absolute atomic E-state index is 0.0115. The maximum atomic E-state index is 11.1. The monoisotopic (exact) mass is 500 g/mol. The molecule has 2 aromatic rings. The molecule has 0 spiro atoms. The summed E-state index contributed by atoms with van der Waals surface area (Å²) < 4.78 is 23.6. The van der Waals surface area contributed by atoms with E-state index in [9.17, 15) is 9.90 Å². The Hall–Kier alpha value is -2.73. The number of ether oxygens (including phenoxy) is 4. The summed E-state index contributed by atoms with van der Waals surface area (Å²) in [6, 6.07) is 10.9. The molecule has 2 aromatic carbocycles. The molecule has 6 heteroatoms. The smallest absolute Gasteiger partial charge is 0.161 e. The van der Waals surface area contributed by atoms with Gasteiger partial charge in [-0.1, -0.05) is 39.7 Å². The van der Waals surface area contributed by atoms with Gasteiger partial charge in [-0.2, -0.15) is 0 Å². The number of aliphatic hydroxyl groups is 1. The maximum Gasteiger partial charge on any atom is 0.161 e. The van der Waals surface area contributed by atoms with E-state index in [4.69, 9.17) is 18.9 Å². The predicted molar refractivity (Wildman–Crippen MR) is 144 cm³/mol. The van der Waals surface area contributed by atoms with Crippen LogP contribution in [0.4, 0.5) is 0 Å². The Balaban J connectivity index is 1.67. The van der Waals surface area contributed by atoms with E-state index >= 15 is 0 Å². The molecule has 0 amide bonds. The molecule has 0 heterocycles. The minimum atomic E-state index is -0.0115. The van der Waals surface area contributed by atoms with Crippen molar-refractivity contribution >= 4 is 6.29 Å². The second-order valence-electron chi connectivity index (χ2n) is 9.25. The molecule has 0 aromatic heterocycles. The molecule has 0 fully saturated rings. The number of benzene rings is 2. The molecule has 0 saturated carbocycles. The van der Waals surface area contributed by atoms with E-state index < -0.39 is 0 Å². The van der Waals surface area contributed by atoms with Crippen LogP contribution >= 0.6 is 0 Å². The molecule has 2 rings (SSSR count). The van der Waals surface area contributed by atoms with Crippen molar-refractivity contribution in [1.82, 2.24) is 0 Å². The van der Waals surface area contributed by atoms with Gasteiger partial charge in [0, 0.05) is 5.56 Å². The zero-order valence-electron chi connectivity index (χ0n) is 22.3. The highest BCUT2D eigenvalue weighted by molar-refractivity contribution is 5.76. The van der Waals surface area contributed by atoms with Gasteiger partial charge in [0.15, 0.2) is 23.0 Å². The lowest BCUT2D eigenvalue weighted by Gasteiger charge is -2.15. The van der Waals surface area contributed by atoms with Gasteiger partial charge < -0.3 is 24.1 Å². The van der Waals surface area contributed by atoms with Crippen LogP contribution in [0.15, 0.2) is 36.4 Å². The van der Waals surface area contributed by atoms with Crippen LogP contribution in [0.25, 0.3) is 0 Å². The van der Waals surface area contributed by atoms with Gasteiger partial charge in [0.25, 0.3) is 0 Å². The van der Waals surface area contributed by atoms with Gasteiger partial charge in [-0.15, -0.1) is 0 Å². The van der Waals surface area contributed by atoms with Crippen molar-refractivity contribution in [3.63, 3.8) is 0 Å². The molecular formula is C30H44O6. The van der Waals surface area contributed by atoms with Crippen molar-refractivity contribution in [1.29, 1.82) is 0 Å². The first kappa shape index (κ1) is 29.5. The van der Waals surface area contributed by atoms with Crippen molar-refractivity contribution in [3.8, 4) is 23.0 Å². The Bertz CT molecular complexity index is 882. The predicted octanol–water partition coefficient (Wildman–Crippen LogP) is 7.00. The van der Waals surface area contributed by atoms with Crippen LogP contribution in [0.2, 0.25) is 0 Å². The summed E-state index contributed by atoms with van der Waals surface area (Å²) >= 11 is 0. The standard InChI is InChI=1S/C30H44O6/c1-4-6-17-34-28-15-13-26(23-32)21-30(28)35-18-8-7-10-24(3)11-9-19-36-29-20-25(22-31)12-14-27(29)33-16-5-2/h12-15,20-22,24,32H,4-11,16-19,23H2,1-3H3. The Morgan fingerprint density at radius 2 is 1.33 bits per heavy atom. The average Bonchev–Trinajstić information content (AvgIpc) is 2.90. The van der Waals surface area contributed by atoms with Crippen LogP contribution in [-0.4, -0.2) is 37.8 Å². The highest BCUT2D eigenvalue weighted by Crippen LogP contribution is 2.30. The number of carbonyl (C=O) groups excluding carboxylic acids is 1. The molecule has 0 aliphatic rings. The molecule has 0 radical (unpaired) electrons. The van der Waals surface area contributed by atoms with Crippen LogP contribution < -0.4 is 18.9 Å². The first-order valence-electron chi connectivity index (χ1n) is 13.4. The zero-order chi connectivity index (χ0) is 26.0. The first-order chi connectivity index (χ1) is 17.6. The minimum Gasteiger partial charge on any atom is -0.490 e. The zero-order valence-corrected chi connectivity index (χ0v) is 22.3. The van der Waals surface area contributed by atoms with Crippen LogP contribution in [0.5, 0.6) is 23.0 Å². The Labute approximate surface area is 216 Å². The number of unbranched alkanes of at least 4 members (excludes halogenated alkanes) is 2. The Morgan fingerprint density at radius 3 is 2.03 bits per heavy atom. The number of hydrogen-bond donors (Lipinski definition) is 1. The third kappa shape index (κ3) is 10.9. The van der Waals surface area contributed by atoms with E-state index in [-0.39, 0.29) is 6.61 Å². The molecule has 36 heavy (non-hydrogen) atoms. The van der Waals surface area contributed by atoms with Gasteiger partial charge in [0.1, 0.15) is 6.29 Å². The van der Waals surface area contributed by atoms with E-state index in [2.05, 4.69) is 20.8 Å². The van der Waals surface area contributed by atoms with Gasteiger partial charge in [-0.25, -0.2) is 0 Å². The van der Waals surface area contributed by atoms with Gasteiger partial charge in [0.2, 0.25) is 0 Å². The molecule has 1 atom stereocenters. The lowest BCUT2D eigenvalue weighted by atomic mass is 9.99. The van der Waals surface area contributed by atoms with E-state index in [1.54, 1.807) is 18.2 Å². The van der Waals surface area contributed by atoms with Crippen molar-refractivity contribution in [2.24, 2.45) is 5.92 Å². The second kappa shape index (κ2) is 17.7. The third-order valence-electron chi connectivity index (χ3n) is 5.96. The van der Waals surface area contributed by atoms with Crippen LogP contribution in [-0.2, 0) is 6.61 Å². The number of aldehydes is 1. The SMILES string of the molecule is CCCCOc1ccc(CO)cc1OCCCCC(C)CCCOc1cc(C=O)ccc1OCCC. The number of carbonyl (C=O) groups is 1. The molecule has 6 nitrogen and oxygen atoms in total. The van der Waals surface area contributed by atoms with E-state index in [1.807, 2.05) is 18.2 Å². The summed E-state index contributed by atoms with van der Waals surface area (Å²) in [5.74, 6) is 3.39. The highest BCUT2D eigenvalue weighted by Gasteiger charge is 2.09. The third-order valence-corrected chi connectivity index (χ3v) is 5.96. The second-order valence-corrected chi connectivity index (χ2v) is 9.25. The fourth-order valence-electron chi connectivity index (χ4n) is 3.79. The maximum absolute atomic E-state index is 11.1. The Morgan fingerprint density at radius 1 is 0.722 bits per heavy atom. The first-order valence-corrected chi connectivity index (χ1v) is 13.4. The summed E-state index contributed by atoms with van der Waals surface area (Å²) in [7, 11) is 0. The molecular weight excluding hydrogens is 456 g/mol. The van der Waals surface area contributed by atoms with Crippen LogP contribution in [0, 0.1) is 5.92 Å². The summed E-state index contributed by atoms with van der Waals surface area (Å²) in [5.41, 5.74) is 1.41. The summed E-state index contributed by atoms with van der Waals surface area (Å²) in [6.45, 7) is 8.97. The van der Waals surface area contributed by atoms with E-state index in [0.717, 1.165) is 69.0 Å². The van der Waals surface area contributed by atoms with Gasteiger partial charge in [-0.05, 0) is 80.3 Å². The molecule has 0 saturated heterocycles. The van der Waals surface area contributed by atoms with Crippen LogP contribution in [0.3, 0.4) is 0 Å². The fourth-order valence-corrected chi connectivity index (χ4v) is 3.79. The van der Waals surface area contributed by atoms with Crippen molar-refractivity contribution in [2.75, 3.05) is 26.4 Å². The van der Waals surface area contributed by atoms with Crippen molar-refractivity contribution in [3.05, 3.63) is 47.5 Å². The van der Waals surface area contributed by atoms with Gasteiger partial charge in [-0.3, -0.25) is 4.79 Å². The summed E-state index contributed by atoms with van der Waals surface area (Å²) in [5, 5.41) is 9.44. The lowest BCUT2D eigenvalue weighted by Crippen LogP contribution is -2.05. The average molecular weight is 501 g/mol. The summed E-state index contributed by atoms with van der Waals surface area (Å²) in [6.07, 6.45) is 9.03. The quantitative estimate of drug-likeness (QED) is 0.156. The molecule has 0 aliphatic carbocycles. The molecule has 1 N–H and O–H groups in total. The highest BCUT2D eigenvalue weighted by atomic mass is 16.5. The largest absolute Gasteiger partial charge is 0.490 e. The fraction of sp³-hybridized carbons (Fsp3) is 0.567. The number of aliphatic hydroxyl groups excluding tert-OH is 1. The number of rotatable bonds is 20. The van der Waals surface area contributed by atoms with Crippen LogP contribution in [0.1, 0.15) is 88.1 Å². The van der Waals surface area contributed by atoms with Crippen molar-refractivity contribution in [2.45, 2.75) is 78.7 Å². The summed E-state index contributed by atoms with van der Waals surface area (Å²) in [4.78, 5) is 11.1. The van der Waals surface area contributed by atoms with Crippen molar-refractivity contribution < 1.29 is 28.8 Å². The molecule has 200 valence electrons. The van der Waals surface area contributed by atoms with Gasteiger partial charge in [0.05, 0.1) is 33.0 Å². The van der Waals surface area contributed by atoms with Gasteiger partial charge >= 0.3 is 0 Å². The Kier molecular flexibility index (Phi) is 14.5. The molecule has 1 unspecified atom stereocenters. The number of hydrogen-bond acceptors (Lipinski definition) is 6. The lowest BCUT2D eigenvalue weighted by molar-refractivity contribution is 0.112. The van der Waals surface area contributed by atoms with E-state index in [0.29, 0.717) is 55.2 Å². The molecule has 0 aliphatic heterocycles. The molecule has 0 bridgehead atoms. The van der Waals surface area contributed by atoms with E-state index in [1.165, 1.54) is 0 Å². The normalized spacial score (nSPS) is 11.7. The topological polar surface area (TPSA) is 74.2 Å².